The topological polar surface area (TPSA) is 32.3 Å². The minimum atomic E-state index is 0.0456. The third kappa shape index (κ3) is 1.65. The number of hydrogen-bond acceptors (Lipinski definition) is 2. The molecule has 12 heavy (non-hydrogen) atoms. The van der Waals surface area contributed by atoms with E-state index in [0.717, 1.165) is 18.5 Å². The third-order valence-electron chi connectivity index (χ3n) is 2.18. The average Bonchev–Trinajstić information content (AvgIpc) is 2.16. The molecule has 1 aliphatic rings. The van der Waals surface area contributed by atoms with Gasteiger partial charge in [0.15, 0.2) is 0 Å². The van der Waals surface area contributed by atoms with Crippen molar-refractivity contribution in [3.63, 3.8) is 0 Å². The summed E-state index contributed by atoms with van der Waals surface area (Å²) in [5.41, 5.74) is 2.28. The molecule has 0 bridgehead atoms. The van der Waals surface area contributed by atoms with Crippen molar-refractivity contribution >= 4 is 0 Å². The summed E-state index contributed by atoms with van der Waals surface area (Å²) in [6.45, 7) is 8.49. The molecule has 1 unspecified atom stereocenters. The van der Waals surface area contributed by atoms with Crippen LogP contribution in [0.15, 0.2) is 36.5 Å². The van der Waals surface area contributed by atoms with E-state index in [9.17, 15) is 0 Å². The van der Waals surface area contributed by atoms with Crippen molar-refractivity contribution in [2.45, 2.75) is 12.5 Å². The molecule has 0 amide bonds. The molecule has 2 nitrogen and oxygen atoms in total. The van der Waals surface area contributed by atoms with Crippen LogP contribution in [0.5, 0.6) is 0 Å². The van der Waals surface area contributed by atoms with Gasteiger partial charge in [0.2, 0.25) is 0 Å². The van der Waals surface area contributed by atoms with Gasteiger partial charge in [-0.1, -0.05) is 25.3 Å². The third-order valence-corrected chi connectivity index (χ3v) is 2.18. The van der Waals surface area contributed by atoms with Crippen LogP contribution in [0.25, 0.3) is 0 Å². The summed E-state index contributed by atoms with van der Waals surface area (Å²) < 4.78 is 0. The zero-order valence-corrected chi connectivity index (χ0v) is 7.21. The Balaban J connectivity index is 2.92. The first-order chi connectivity index (χ1) is 5.83. The molecule has 2 N–H and O–H groups in total. The molecule has 1 atom stereocenters. The largest absolute Gasteiger partial charge is 0.394 e. The second kappa shape index (κ2) is 4.24. The summed E-state index contributed by atoms with van der Waals surface area (Å²) in [6.07, 6.45) is 4.62. The fourth-order valence-corrected chi connectivity index (χ4v) is 1.52. The van der Waals surface area contributed by atoms with Gasteiger partial charge in [0.25, 0.3) is 0 Å². The van der Waals surface area contributed by atoms with Crippen molar-refractivity contribution in [1.29, 1.82) is 0 Å². The number of hydrogen-bond donors (Lipinski definition) is 2. The molecule has 0 saturated carbocycles. The maximum atomic E-state index is 9.03. The quantitative estimate of drug-likeness (QED) is 0.654. The lowest BCUT2D eigenvalue weighted by atomic mass is 9.95. The lowest BCUT2D eigenvalue weighted by Crippen LogP contribution is -2.38. The van der Waals surface area contributed by atoms with Crippen LogP contribution in [-0.2, 0) is 0 Å². The van der Waals surface area contributed by atoms with E-state index >= 15 is 0 Å². The second-order valence-corrected chi connectivity index (χ2v) is 2.83. The van der Waals surface area contributed by atoms with Crippen molar-refractivity contribution in [2.75, 3.05) is 13.2 Å². The van der Waals surface area contributed by atoms with Gasteiger partial charge in [-0.05, 0) is 24.1 Å². The van der Waals surface area contributed by atoms with E-state index < -0.39 is 0 Å². The fourth-order valence-electron chi connectivity index (χ4n) is 1.52. The van der Waals surface area contributed by atoms with Crippen LogP contribution in [0.2, 0.25) is 0 Å². The SMILES string of the molecule is C=CC1=C(C=C)C(CO)NCC1. The lowest BCUT2D eigenvalue weighted by Gasteiger charge is -2.25. The van der Waals surface area contributed by atoms with Gasteiger partial charge in [-0.15, -0.1) is 0 Å². The Morgan fingerprint density at radius 1 is 1.50 bits per heavy atom. The van der Waals surface area contributed by atoms with E-state index in [1.807, 2.05) is 6.08 Å². The van der Waals surface area contributed by atoms with Crippen molar-refractivity contribution in [2.24, 2.45) is 0 Å². The highest BCUT2D eigenvalue weighted by Crippen LogP contribution is 2.18. The Labute approximate surface area is 73.3 Å². The Morgan fingerprint density at radius 3 is 2.75 bits per heavy atom. The number of aliphatic hydroxyl groups excluding tert-OH is 1. The Kier molecular flexibility index (Phi) is 3.26. The molecular formula is C10H15NO. The first-order valence-electron chi connectivity index (χ1n) is 4.15. The molecule has 0 aromatic carbocycles. The summed E-state index contributed by atoms with van der Waals surface area (Å²) in [5, 5.41) is 12.2. The van der Waals surface area contributed by atoms with Crippen LogP contribution in [-0.4, -0.2) is 24.3 Å². The van der Waals surface area contributed by atoms with E-state index in [0.29, 0.717) is 0 Å². The summed E-state index contributed by atoms with van der Waals surface area (Å²) >= 11 is 0. The minimum Gasteiger partial charge on any atom is -0.394 e. The van der Waals surface area contributed by atoms with Crippen LogP contribution < -0.4 is 5.32 Å². The highest BCUT2D eigenvalue weighted by Gasteiger charge is 2.17. The maximum absolute atomic E-state index is 9.03. The van der Waals surface area contributed by atoms with Crippen molar-refractivity contribution in [3.05, 3.63) is 36.5 Å². The summed E-state index contributed by atoms with van der Waals surface area (Å²) in [5.74, 6) is 0. The van der Waals surface area contributed by atoms with Crippen molar-refractivity contribution in [3.8, 4) is 0 Å². The van der Waals surface area contributed by atoms with Crippen LogP contribution in [0.1, 0.15) is 6.42 Å². The summed E-state index contributed by atoms with van der Waals surface area (Å²) in [6, 6.07) is 0.0456. The minimum absolute atomic E-state index is 0.0456. The Hall–Kier alpha value is -0.860. The van der Waals surface area contributed by atoms with E-state index in [2.05, 4.69) is 18.5 Å². The Bertz CT molecular complexity index is 218. The predicted molar refractivity (Wildman–Crippen MR) is 50.9 cm³/mol. The number of allylic oxidation sites excluding steroid dienone is 1. The lowest BCUT2D eigenvalue weighted by molar-refractivity contribution is 0.257. The second-order valence-electron chi connectivity index (χ2n) is 2.83. The molecular weight excluding hydrogens is 150 g/mol. The molecule has 1 heterocycles. The van der Waals surface area contributed by atoms with Gasteiger partial charge in [-0.25, -0.2) is 0 Å². The van der Waals surface area contributed by atoms with E-state index in [1.165, 1.54) is 5.57 Å². The Morgan fingerprint density at radius 2 is 2.25 bits per heavy atom. The van der Waals surface area contributed by atoms with Gasteiger partial charge in [0.05, 0.1) is 12.6 Å². The number of aliphatic hydroxyl groups is 1. The first-order valence-corrected chi connectivity index (χ1v) is 4.15. The van der Waals surface area contributed by atoms with E-state index in [-0.39, 0.29) is 12.6 Å². The molecule has 1 aliphatic heterocycles. The molecule has 0 radical (unpaired) electrons. The molecule has 0 aromatic rings. The first kappa shape index (κ1) is 9.23. The van der Waals surface area contributed by atoms with E-state index in [1.54, 1.807) is 6.08 Å². The number of nitrogens with one attached hydrogen (secondary N) is 1. The standard InChI is InChI=1S/C10H15NO/c1-3-8-5-6-11-10(7-12)9(8)4-2/h3-4,10-12H,1-2,5-7H2. The zero-order valence-electron chi connectivity index (χ0n) is 7.21. The van der Waals surface area contributed by atoms with Crippen LogP contribution in [0.3, 0.4) is 0 Å². The van der Waals surface area contributed by atoms with Gasteiger partial charge >= 0.3 is 0 Å². The van der Waals surface area contributed by atoms with Crippen LogP contribution in [0, 0.1) is 0 Å². The van der Waals surface area contributed by atoms with Crippen molar-refractivity contribution in [1.82, 2.24) is 5.32 Å². The molecule has 0 fully saturated rings. The fraction of sp³-hybridized carbons (Fsp3) is 0.400. The van der Waals surface area contributed by atoms with Crippen LogP contribution in [0.4, 0.5) is 0 Å². The molecule has 1 rings (SSSR count). The maximum Gasteiger partial charge on any atom is 0.0626 e. The summed E-state index contributed by atoms with van der Waals surface area (Å²) in [7, 11) is 0. The van der Waals surface area contributed by atoms with Crippen molar-refractivity contribution < 1.29 is 5.11 Å². The van der Waals surface area contributed by atoms with Crippen LogP contribution >= 0.6 is 0 Å². The summed E-state index contributed by atoms with van der Waals surface area (Å²) in [4.78, 5) is 0. The highest BCUT2D eigenvalue weighted by atomic mass is 16.3. The van der Waals surface area contributed by atoms with Gasteiger partial charge in [0.1, 0.15) is 0 Å². The van der Waals surface area contributed by atoms with Gasteiger partial charge in [0, 0.05) is 0 Å². The molecule has 0 aromatic heterocycles. The normalized spacial score (nSPS) is 23.9. The monoisotopic (exact) mass is 165 g/mol. The molecule has 0 aliphatic carbocycles. The number of rotatable bonds is 3. The predicted octanol–water partition coefficient (Wildman–Crippen LogP) is 1.01. The average molecular weight is 165 g/mol. The highest BCUT2D eigenvalue weighted by molar-refractivity contribution is 5.37. The smallest absolute Gasteiger partial charge is 0.0626 e. The van der Waals surface area contributed by atoms with Gasteiger partial charge in [-0.3, -0.25) is 0 Å². The van der Waals surface area contributed by atoms with Gasteiger partial charge < -0.3 is 10.4 Å². The molecule has 0 saturated heterocycles. The molecule has 0 spiro atoms. The molecule has 2 heteroatoms. The molecule has 66 valence electrons. The van der Waals surface area contributed by atoms with E-state index in [4.69, 9.17) is 5.11 Å². The van der Waals surface area contributed by atoms with Gasteiger partial charge in [-0.2, -0.15) is 0 Å². The zero-order chi connectivity index (χ0) is 8.97.